The van der Waals surface area contributed by atoms with Gasteiger partial charge >= 0.3 is 0 Å². The fourth-order valence-electron chi connectivity index (χ4n) is 0.934. The lowest BCUT2D eigenvalue weighted by atomic mass is 10.2. The topological polar surface area (TPSA) is 56.0 Å². The molecule has 82 valence electrons. The fraction of sp³-hybridized carbons (Fsp3) is 0.286. The van der Waals surface area contributed by atoms with Crippen molar-refractivity contribution in [2.45, 2.75) is 11.8 Å². The normalized spacial score (nSPS) is 10.7. The summed E-state index contributed by atoms with van der Waals surface area (Å²) in [7, 11) is 0. The number of hydrogen-bond donors (Lipinski definition) is 0. The Morgan fingerprint density at radius 1 is 1.67 bits per heavy atom. The Labute approximate surface area is 96.5 Å². The molecule has 1 heterocycles. The van der Waals surface area contributed by atoms with Gasteiger partial charge in [-0.15, -0.1) is 0 Å². The number of halogens is 4. The number of aromatic nitrogens is 1. The number of hydrogen-bond acceptors (Lipinski definition) is 3. The van der Waals surface area contributed by atoms with E-state index in [1.54, 1.807) is 0 Å². The molecule has 4 nitrogen and oxygen atoms in total. The lowest BCUT2D eigenvalue weighted by Gasteiger charge is -2.04. The number of rotatable bonds is 3. The van der Waals surface area contributed by atoms with E-state index in [-0.39, 0.29) is 10.5 Å². The summed E-state index contributed by atoms with van der Waals surface area (Å²) in [5.41, 5.74) is -1.33. The van der Waals surface area contributed by atoms with Crippen LogP contribution in [0.15, 0.2) is 6.07 Å². The second-order valence-electron chi connectivity index (χ2n) is 2.53. The summed E-state index contributed by atoms with van der Waals surface area (Å²) in [5.74, 6) is 0. The highest BCUT2D eigenvalue weighted by molar-refractivity contribution is 9.08. The van der Waals surface area contributed by atoms with E-state index >= 15 is 0 Å². The highest BCUT2D eigenvalue weighted by Crippen LogP contribution is 2.31. The highest BCUT2D eigenvalue weighted by Gasteiger charge is 2.25. The van der Waals surface area contributed by atoms with Crippen molar-refractivity contribution in [2.75, 3.05) is 0 Å². The van der Waals surface area contributed by atoms with Gasteiger partial charge in [0.15, 0.2) is 5.69 Å². The molecule has 0 spiro atoms. The molecule has 0 radical (unpaired) electrons. The second-order valence-corrected chi connectivity index (χ2v) is 3.45. The maximum absolute atomic E-state index is 12.4. The highest BCUT2D eigenvalue weighted by atomic mass is 79.9. The van der Waals surface area contributed by atoms with Gasteiger partial charge in [-0.2, -0.15) is 0 Å². The molecule has 0 fully saturated rings. The van der Waals surface area contributed by atoms with Gasteiger partial charge in [0, 0.05) is 17.0 Å². The van der Waals surface area contributed by atoms with E-state index in [9.17, 15) is 18.9 Å². The molecule has 0 aliphatic rings. The van der Waals surface area contributed by atoms with Gasteiger partial charge in [-0.05, 0) is 0 Å². The SMILES string of the molecule is O=[N+]([O-])c1cc(CBr)c(Cl)nc1C(F)F. The fourth-order valence-corrected chi connectivity index (χ4v) is 1.74. The van der Waals surface area contributed by atoms with Crippen LogP contribution in [-0.2, 0) is 5.33 Å². The quantitative estimate of drug-likeness (QED) is 0.372. The first-order valence-electron chi connectivity index (χ1n) is 3.65. The average Bonchev–Trinajstić information content (AvgIpc) is 2.16. The van der Waals surface area contributed by atoms with E-state index in [0.29, 0.717) is 5.56 Å². The van der Waals surface area contributed by atoms with Gasteiger partial charge in [-0.3, -0.25) is 10.1 Å². The van der Waals surface area contributed by atoms with Crippen molar-refractivity contribution >= 4 is 33.2 Å². The van der Waals surface area contributed by atoms with Crippen molar-refractivity contribution in [1.29, 1.82) is 0 Å². The first-order chi connectivity index (χ1) is 6.97. The van der Waals surface area contributed by atoms with Crippen LogP contribution >= 0.6 is 27.5 Å². The minimum atomic E-state index is -3.02. The molecular weight excluding hydrogens is 297 g/mol. The summed E-state index contributed by atoms with van der Waals surface area (Å²) in [6.07, 6.45) is -3.02. The molecule has 0 aromatic carbocycles. The van der Waals surface area contributed by atoms with Crippen molar-refractivity contribution in [3.63, 3.8) is 0 Å². The van der Waals surface area contributed by atoms with Gasteiger partial charge in [-0.1, -0.05) is 27.5 Å². The second kappa shape index (κ2) is 4.80. The number of alkyl halides is 3. The summed E-state index contributed by atoms with van der Waals surface area (Å²) >= 11 is 8.57. The van der Waals surface area contributed by atoms with Crippen molar-refractivity contribution in [2.24, 2.45) is 0 Å². The molecule has 0 saturated carbocycles. The van der Waals surface area contributed by atoms with E-state index in [1.165, 1.54) is 0 Å². The van der Waals surface area contributed by atoms with E-state index < -0.39 is 22.7 Å². The molecule has 15 heavy (non-hydrogen) atoms. The van der Waals surface area contributed by atoms with Gasteiger partial charge < -0.3 is 0 Å². The van der Waals surface area contributed by atoms with Gasteiger partial charge in [0.25, 0.3) is 12.1 Å². The van der Waals surface area contributed by atoms with Crippen LogP contribution < -0.4 is 0 Å². The minimum Gasteiger partial charge on any atom is -0.258 e. The third-order valence-corrected chi connectivity index (χ3v) is 2.54. The van der Waals surface area contributed by atoms with Crippen LogP contribution in [0.5, 0.6) is 0 Å². The predicted octanol–water partition coefficient (Wildman–Crippen LogP) is 3.48. The van der Waals surface area contributed by atoms with Crippen LogP contribution in [0.1, 0.15) is 17.7 Å². The number of nitro groups is 1. The third-order valence-electron chi connectivity index (χ3n) is 1.60. The van der Waals surface area contributed by atoms with Crippen molar-refractivity contribution < 1.29 is 13.7 Å². The van der Waals surface area contributed by atoms with Crippen LogP contribution in [0, 0.1) is 10.1 Å². The molecule has 8 heteroatoms. The molecule has 0 amide bonds. The summed E-state index contributed by atoms with van der Waals surface area (Å²) in [6, 6.07) is 0.992. The molecule has 1 rings (SSSR count). The van der Waals surface area contributed by atoms with E-state index in [4.69, 9.17) is 11.6 Å². The van der Waals surface area contributed by atoms with E-state index in [0.717, 1.165) is 6.07 Å². The van der Waals surface area contributed by atoms with Gasteiger partial charge in [-0.25, -0.2) is 13.8 Å². The van der Waals surface area contributed by atoms with Crippen LogP contribution in [0.3, 0.4) is 0 Å². The molecule has 1 aromatic rings. The minimum absolute atomic E-state index is 0.159. The molecular formula is C7H4BrClF2N2O2. The lowest BCUT2D eigenvalue weighted by Crippen LogP contribution is -2.01. The zero-order valence-electron chi connectivity index (χ0n) is 7.08. The van der Waals surface area contributed by atoms with E-state index in [2.05, 4.69) is 20.9 Å². The van der Waals surface area contributed by atoms with Crippen molar-refractivity contribution in [3.05, 3.63) is 32.6 Å². The van der Waals surface area contributed by atoms with Crippen molar-refractivity contribution in [3.8, 4) is 0 Å². The Morgan fingerprint density at radius 2 is 2.27 bits per heavy atom. The molecule has 0 N–H and O–H groups in total. The molecule has 0 atom stereocenters. The largest absolute Gasteiger partial charge is 0.297 e. The molecule has 1 aromatic heterocycles. The summed E-state index contributed by atoms with van der Waals surface area (Å²) in [5, 5.41) is 10.5. The van der Waals surface area contributed by atoms with Crippen LogP contribution in [0.4, 0.5) is 14.5 Å². The Bertz CT molecular complexity index is 403. The van der Waals surface area contributed by atoms with Crippen LogP contribution in [0.25, 0.3) is 0 Å². The monoisotopic (exact) mass is 300 g/mol. The van der Waals surface area contributed by atoms with E-state index in [1.807, 2.05) is 0 Å². The molecule has 0 aliphatic heterocycles. The maximum atomic E-state index is 12.4. The Morgan fingerprint density at radius 3 is 2.67 bits per heavy atom. The molecule has 0 aliphatic carbocycles. The van der Waals surface area contributed by atoms with Gasteiger partial charge in [0.05, 0.1) is 4.92 Å². The first kappa shape index (κ1) is 12.3. The van der Waals surface area contributed by atoms with Gasteiger partial charge in [0.2, 0.25) is 0 Å². The lowest BCUT2D eigenvalue weighted by molar-refractivity contribution is -0.386. The molecule has 0 bridgehead atoms. The smallest absolute Gasteiger partial charge is 0.258 e. The summed E-state index contributed by atoms with van der Waals surface area (Å²) in [6.45, 7) is 0. The first-order valence-corrected chi connectivity index (χ1v) is 5.15. The Hall–Kier alpha value is -0.820. The number of pyridine rings is 1. The maximum Gasteiger partial charge on any atom is 0.297 e. The van der Waals surface area contributed by atoms with Crippen LogP contribution in [0.2, 0.25) is 5.15 Å². The summed E-state index contributed by atoms with van der Waals surface area (Å²) in [4.78, 5) is 12.9. The Balaban J connectivity index is 3.39. The van der Waals surface area contributed by atoms with Crippen molar-refractivity contribution in [1.82, 2.24) is 4.98 Å². The zero-order valence-corrected chi connectivity index (χ0v) is 9.43. The molecule has 0 saturated heterocycles. The standard InChI is InChI=1S/C7H4BrClF2N2O2/c8-2-3-1-4(13(14)15)5(7(10)11)12-6(3)9/h1,7H,2H2. The predicted molar refractivity (Wildman–Crippen MR) is 53.5 cm³/mol. The summed E-state index contributed by atoms with van der Waals surface area (Å²) < 4.78 is 24.7. The average molecular weight is 301 g/mol. The number of nitrogens with zero attached hydrogens (tertiary/aromatic N) is 2. The zero-order chi connectivity index (χ0) is 11.6. The molecule has 0 unspecified atom stereocenters. The third kappa shape index (κ3) is 2.60. The van der Waals surface area contributed by atoms with Crippen LogP contribution in [-0.4, -0.2) is 9.91 Å². The Kier molecular flexibility index (Phi) is 3.92. The van der Waals surface area contributed by atoms with Gasteiger partial charge in [0.1, 0.15) is 5.15 Å².